The van der Waals surface area contributed by atoms with E-state index in [1.165, 1.54) is 11.8 Å². The van der Waals surface area contributed by atoms with Gasteiger partial charge in [-0.2, -0.15) is 0 Å². The van der Waals surface area contributed by atoms with E-state index in [0.717, 1.165) is 38.1 Å². The van der Waals surface area contributed by atoms with E-state index in [4.69, 9.17) is 9.73 Å². The van der Waals surface area contributed by atoms with Gasteiger partial charge in [0.1, 0.15) is 5.75 Å². The Morgan fingerprint density at radius 3 is 2.41 bits per heavy atom. The number of rotatable bonds is 6. The van der Waals surface area contributed by atoms with Crippen molar-refractivity contribution in [2.75, 3.05) is 11.5 Å². The summed E-state index contributed by atoms with van der Waals surface area (Å²) < 4.78 is 7.71. The van der Waals surface area contributed by atoms with Crippen LogP contribution in [0.15, 0.2) is 91.6 Å². The first-order valence-electron chi connectivity index (χ1n) is 10.1. The van der Waals surface area contributed by atoms with Gasteiger partial charge in [-0.15, -0.1) is 0 Å². The summed E-state index contributed by atoms with van der Waals surface area (Å²) in [5, 5.41) is 0.615. The molecule has 4 nitrogen and oxygen atoms in total. The summed E-state index contributed by atoms with van der Waals surface area (Å²) in [5.41, 5.74) is 2.40. The number of aliphatic imine (C=N–C) groups is 1. The summed E-state index contributed by atoms with van der Waals surface area (Å²) in [6, 6.07) is 23.1. The Bertz CT molecular complexity index is 1180. The molecule has 0 bridgehead atoms. The molecule has 1 heterocycles. The molecule has 3 aromatic rings. The summed E-state index contributed by atoms with van der Waals surface area (Å²) in [6.45, 7) is 2.65. The second-order valence-corrected chi connectivity index (χ2v) is 9.75. The number of anilines is 1. The summed E-state index contributed by atoms with van der Waals surface area (Å²) in [5.74, 6) is 0.601. The molecule has 0 aromatic heterocycles. The van der Waals surface area contributed by atoms with Crippen LogP contribution in [0.1, 0.15) is 18.9 Å². The average molecular weight is 572 g/mol. The van der Waals surface area contributed by atoms with E-state index >= 15 is 0 Å². The molecule has 32 heavy (non-hydrogen) atoms. The van der Waals surface area contributed by atoms with Gasteiger partial charge in [0.15, 0.2) is 5.17 Å². The standard InChI is InChI=1S/C25H20Br2N2O2S/c1-2-13-31-23-17(14-18(26)16-21(23)27)15-22-24(30)29(20-11-7-4-8-12-20)25(32-22)28-19-9-5-3-6-10-19/h3-12,14-16H,2,13H2,1H3/b22-15+,28-25?. The Morgan fingerprint density at radius 2 is 1.72 bits per heavy atom. The molecule has 0 saturated carbocycles. The van der Waals surface area contributed by atoms with E-state index in [0.29, 0.717) is 16.7 Å². The van der Waals surface area contributed by atoms with Crippen LogP contribution in [0, 0.1) is 0 Å². The number of hydrogen-bond donors (Lipinski definition) is 0. The number of amidine groups is 1. The lowest BCUT2D eigenvalue weighted by Crippen LogP contribution is -2.28. The number of amides is 1. The zero-order valence-electron chi connectivity index (χ0n) is 17.3. The van der Waals surface area contributed by atoms with E-state index in [1.54, 1.807) is 4.90 Å². The van der Waals surface area contributed by atoms with E-state index in [2.05, 4.69) is 38.8 Å². The van der Waals surface area contributed by atoms with Crippen molar-refractivity contribution in [3.8, 4) is 5.75 Å². The second-order valence-electron chi connectivity index (χ2n) is 6.97. The number of benzene rings is 3. The highest BCUT2D eigenvalue weighted by Gasteiger charge is 2.35. The maximum atomic E-state index is 13.5. The molecule has 3 aromatic carbocycles. The highest BCUT2D eigenvalue weighted by Crippen LogP contribution is 2.40. The third-order valence-corrected chi connectivity index (χ3v) is 6.59. The molecule has 1 amide bonds. The third kappa shape index (κ3) is 5.17. The summed E-state index contributed by atoms with van der Waals surface area (Å²) >= 11 is 8.49. The summed E-state index contributed by atoms with van der Waals surface area (Å²) in [4.78, 5) is 20.5. The van der Waals surface area contributed by atoms with Crippen LogP contribution in [0.4, 0.5) is 11.4 Å². The minimum absolute atomic E-state index is 0.117. The molecule has 162 valence electrons. The first-order valence-corrected chi connectivity index (χ1v) is 12.5. The highest BCUT2D eigenvalue weighted by atomic mass is 79.9. The number of carbonyl (C=O) groups excluding carboxylic acids is 1. The predicted octanol–water partition coefficient (Wildman–Crippen LogP) is 7.81. The monoisotopic (exact) mass is 570 g/mol. The minimum Gasteiger partial charge on any atom is -0.492 e. The number of nitrogens with zero attached hydrogens (tertiary/aromatic N) is 2. The van der Waals surface area contributed by atoms with Gasteiger partial charge < -0.3 is 4.74 Å². The molecule has 1 aliphatic heterocycles. The quantitative estimate of drug-likeness (QED) is 0.283. The lowest BCUT2D eigenvalue weighted by molar-refractivity contribution is -0.113. The Morgan fingerprint density at radius 1 is 1.03 bits per heavy atom. The molecule has 0 spiro atoms. The van der Waals surface area contributed by atoms with Crippen LogP contribution in [0.5, 0.6) is 5.75 Å². The van der Waals surface area contributed by atoms with Gasteiger partial charge in [0.2, 0.25) is 0 Å². The van der Waals surface area contributed by atoms with Crippen LogP contribution >= 0.6 is 43.6 Å². The molecule has 1 aliphatic rings. The molecular weight excluding hydrogens is 552 g/mol. The van der Waals surface area contributed by atoms with Gasteiger partial charge in [0.25, 0.3) is 5.91 Å². The normalized spacial score (nSPS) is 16.2. The molecule has 0 aliphatic carbocycles. The number of hydrogen-bond acceptors (Lipinski definition) is 4. The molecule has 0 N–H and O–H groups in total. The zero-order chi connectivity index (χ0) is 22.5. The minimum atomic E-state index is -0.117. The predicted molar refractivity (Wildman–Crippen MR) is 141 cm³/mol. The number of carbonyl (C=O) groups is 1. The van der Waals surface area contributed by atoms with Gasteiger partial charge in [-0.3, -0.25) is 9.69 Å². The number of thioether (sulfide) groups is 1. The Labute approximate surface area is 208 Å². The number of ether oxygens (including phenoxy) is 1. The van der Waals surface area contributed by atoms with Crippen LogP contribution in [0.2, 0.25) is 0 Å². The fourth-order valence-corrected chi connectivity index (χ4v) is 5.52. The molecule has 0 radical (unpaired) electrons. The highest BCUT2D eigenvalue weighted by molar-refractivity contribution is 9.11. The molecule has 1 saturated heterocycles. The largest absolute Gasteiger partial charge is 0.492 e. The molecule has 1 fully saturated rings. The van der Waals surface area contributed by atoms with Crippen molar-refractivity contribution in [3.63, 3.8) is 0 Å². The molecule has 4 rings (SSSR count). The number of para-hydroxylation sites is 2. The van der Waals surface area contributed by atoms with Crippen LogP contribution in [0.3, 0.4) is 0 Å². The van der Waals surface area contributed by atoms with Gasteiger partial charge in [-0.25, -0.2) is 4.99 Å². The first kappa shape index (κ1) is 22.8. The van der Waals surface area contributed by atoms with Gasteiger partial charge in [-0.1, -0.05) is 59.3 Å². The van der Waals surface area contributed by atoms with E-state index in [-0.39, 0.29) is 5.91 Å². The Hall–Kier alpha value is -2.35. The van der Waals surface area contributed by atoms with Crippen LogP contribution in [-0.2, 0) is 4.79 Å². The van der Waals surface area contributed by atoms with Gasteiger partial charge in [-0.05, 0) is 76.6 Å². The van der Waals surface area contributed by atoms with Gasteiger partial charge >= 0.3 is 0 Å². The van der Waals surface area contributed by atoms with Crippen LogP contribution < -0.4 is 9.64 Å². The van der Waals surface area contributed by atoms with Crippen molar-refractivity contribution in [1.82, 2.24) is 0 Å². The van der Waals surface area contributed by atoms with E-state index < -0.39 is 0 Å². The van der Waals surface area contributed by atoms with Crippen molar-refractivity contribution in [1.29, 1.82) is 0 Å². The van der Waals surface area contributed by atoms with Gasteiger partial charge in [0, 0.05) is 10.0 Å². The van der Waals surface area contributed by atoms with Crippen LogP contribution in [0.25, 0.3) is 6.08 Å². The van der Waals surface area contributed by atoms with Crippen molar-refractivity contribution >= 4 is 72.1 Å². The fraction of sp³-hybridized carbons (Fsp3) is 0.120. The zero-order valence-corrected chi connectivity index (χ0v) is 21.3. The lowest BCUT2D eigenvalue weighted by atomic mass is 10.1. The third-order valence-electron chi connectivity index (χ3n) is 4.58. The van der Waals surface area contributed by atoms with Crippen molar-refractivity contribution in [2.24, 2.45) is 4.99 Å². The smallest absolute Gasteiger partial charge is 0.271 e. The topological polar surface area (TPSA) is 41.9 Å². The van der Waals surface area contributed by atoms with Crippen molar-refractivity contribution < 1.29 is 9.53 Å². The fourth-order valence-electron chi connectivity index (χ4n) is 3.15. The summed E-state index contributed by atoms with van der Waals surface area (Å²) in [7, 11) is 0. The number of halogens is 2. The SMILES string of the molecule is CCCOc1c(Br)cc(Br)cc1/C=C1/SC(=Nc2ccccc2)N(c2ccccc2)C1=O. The molecule has 0 unspecified atom stereocenters. The average Bonchev–Trinajstić information content (AvgIpc) is 3.09. The Kier molecular flexibility index (Phi) is 7.50. The van der Waals surface area contributed by atoms with Crippen molar-refractivity contribution in [3.05, 3.63) is 92.2 Å². The lowest BCUT2D eigenvalue weighted by Gasteiger charge is -2.15. The molecule has 7 heteroatoms. The first-order chi connectivity index (χ1) is 15.6. The Balaban J connectivity index is 1.79. The summed E-state index contributed by atoms with van der Waals surface area (Å²) in [6.07, 6.45) is 2.76. The molecular formula is C25H20Br2N2O2S. The van der Waals surface area contributed by atoms with Crippen molar-refractivity contribution in [2.45, 2.75) is 13.3 Å². The van der Waals surface area contributed by atoms with Gasteiger partial charge in [0.05, 0.1) is 27.4 Å². The maximum Gasteiger partial charge on any atom is 0.271 e. The molecule has 0 atom stereocenters. The van der Waals surface area contributed by atoms with E-state index in [1.807, 2.05) is 78.9 Å². The second kappa shape index (κ2) is 10.5. The maximum absolute atomic E-state index is 13.5. The van der Waals surface area contributed by atoms with E-state index in [9.17, 15) is 4.79 Å². The van der Waals surface area contributed by atoms with Crippen LogP contribution in [-0.4, -0.2) is 17.7 Å².